The molecule has 0 spiro atoms. The van der Waals surface area contributed by atoms with Crippen molar-refractivity contribution in [2.24, 2.45) is 5.92 Å². The van der Waals surface area contributed by atoms with E-state index in [2.05, 4.69) is 17.1 Å². The maximum absolute atomic E-state index is 11.7. The number of thiocarbonyl (C=S) groups is 1. The van der Waals surface area contributed by atoms with Crippen LogP contribution in [0.2, 0.25) is 0 Å². The zero-order valence-electron chi connectivity index (χ0n) is 11.0. The van der Waals surface area contributed by atoms with E-state index in [1.807, 2.05) is 17.5 Å². The highest BCUT2D eigenvalue weighted by molar-refractivity contribution is 7.80. The zero-order chi connectivity index (χ0) is 13.7. The molecule has 0 aliphatic carbocycles. The van der Waals surface area contributed by atoms with E-state index in [4.69, 9.17) is 12.2 Å². The molecule has 0 aromatic carbocycles. The number of piperidine rings is 1. The molecule has 1 saturated heterocycles. The summed E-state index contributed by atoms with van der Waals surface area (Å²) in [6.07, 6.45) is 5.62. The van der Waals surface area contributed by atoms with Gasteiger partial charge < -0.3 is 4.90 Å². The van der Waals surface area contributed by atoms with Crippen LogP contribution in [0.5, 0.6) is 0 Å². The summed E-state index contributed by atoms with van der Waals surface area (Å²) in [4.78, 5) is 14.9. The number of nitrogens with zero attached hydrogens (tertiary/aromatic N) is 1. The van der Waals surface area contributed by atoms with Gasteiger partial charge in [-0.25, -0.2) is 0 Å². The smallest absolute Gasteiger partial charge is 0.250 e. The fourth-order valence-electron chi connectivity index (χ4n) is 1.98. The second-order valence-electron chi connectivity index (χ2n) is 4.81. The average Bonchev–Trinajstić information content (AvgIpc) is 2.90. The zero-order valence-corrected chi connectivity index (χ0v) is 12.6. The van der Waals surface area contributed by atoms with Crippen molar-refractivity contribution in [2.75, 3.05) is 13.1 Å². The Bertz CT molecular complexity index is 460. The minimum atomic E-state index is -0.156. The van der Waals surface area contributed by atoms with E-state index in [1.165, 1.54) is 6.08 Å². The first-order valence-electron chi connectivity index (χ1n) is 6.46. The van der Waals surface area contributed by atoms with E-state index < -0.39 is 0 Å². The monoisotopic (exact) mass is 294 g/mol. The van der Waals surface area contributed by atoms with E-state index >= 15 is 0 Å². The second-order valence-corrected chi connectivity index (χ2v) is 6.18. The molecule has 1 aliphatic rings. The van der Waals surface area contributed by atoms with Crippen LogP contribution in [0, 0.1) is 5.92 Å². The molecule has 102 valence electrons. The molecule has 0 saturated carbocycles. The fourth-order valence-corrected chi connectivity index (χ4v) is 2.88. The van der Waals surface area contributed by atoms with Crippen molar-refractivity contribution >= 4 is 40.7 Å². The summed E-state index contributed by atoms with van der Waals surface area (Å²) < 4.78 is 0. The van der Waals surface area contributed by atoms with Crippen LogP contribution in [0.15, 0.2) is 23.6 Å². The summed E-state index contributed by atoms with van der Waals surface area (Å²) in [6, 6.07) is 3.93. The maximum atomic E-state index is 11.7. The van der Waals surface area contributed by atoms with Gasteiger partial charge in [0.2, 0.25) is 5.91 Å². The van der Waals surface area contributed by atoms with Gasteiger partial charge in [0.15, 0.2) is 5.11 Å². The van der Waals surface area contributed by atoms with Gasteiger partial charge in [0.25, 0.3) is 0 Å². The van der Waals surface area contributed by atoms with Crippen LogP contribution in [-0.4, -0.2) is 29.0 Å². The molecule has 1 aromatic heterocycles. The predicted molar refractivity (Wildman–Crippen MR) is 84.1 cm³/mol. The largest absolute Gasteiger partial charge is 0.349 e. The van der Waals surface area contributed by atoms with Crippen molar-refractivity contribution in [3.8, 4) is 0 Å². The SMILES string of the molecule is CC1CCN(C(=S)NC(=O)C=Cc2cccs2)CC1. The summed E-state index contributed by atoms with van der Waals surface area (Å²) in [5.41, 5.74) is 0. The number of amides is 1. The number of hydrogen-bond donors (Lipinski definition) is 1. The molecule has 3 nitrogen and oxygen atoms in total. The van der Waals surface area contributed by atoms with Crippen LogP contribution in [0.1, 0.15) is 24.6 Å². The Morgan fingerprint density at radius 3 is 2.89 bits per heavy atom. The molecule has 1 aromatic rings. The Balaban J connectivity index is 1.80. The molecule has 1 N–H and O–H groups in total. The van der Waals surface area contributed by atoms with Crippen molar-refractivity contribution in [3.63, 3.8) is 0 Å². The summed E-state index contributed by atoms with van der Waals surface area (Å²) >= 11 is 6.87. The topological polar surface area (TPSA) is 32.3 Å². The molecule has 0 unspecified atom stereocenters. The van der Waals surface area contributed by atoms with Gasteiger partial charge in [-0.15, -0.1) is 11.3 Å². The Labute approximate surface area is 123 Å². The molecule has 2 heterocycles. The third-order valence-electron chi connectivity index (χ3n) is 3.24. The van der Waals surface area contributed by atoms with Crippen LogP contribution in [0.3, 0.4) is 0 Å². The van der Waals surface area contributed by atoms with Gasteiger partial charge in [0, 0.05) is 24.0 Å². The van der Waals surface area contributed by atoms with Crippen LogP contribution < -0.4 is 5.32 Å². The fraction of sp³-hybridized carbons (Fsp3) is 0.429. The lowest BCUT2D eigenvalue weighted by Gasteiger charge is -2.31. The van der Waals surface area contributed by atoms with E-state index in [0.717, 1.165) is 36.7 Å². The molecular formula is C14H18N2OS2. The number of thiophene rings is 1. The molecule has 5 heteroatoms. The number of hydrogen-bond acceptors (Lipinski definition) is 3. The van der Waals surface area contributed by atoms with E-state index in [0.29, 0.717) is 5.11 Å². The second kappa shape index (κ2) is 6.82. The van der Waals surface area contributed by atoms with Crippen LogP contribution in [0.4, 0.5) is 0 Å². The van der Waals surface area contributed by atoms with Crippen LogP contribution in [0.25, 0.3) is 6.08 Å². The molecule has 0 atom stereocenters. The predicted octanol–water partition coefficient (Wildman–Crippen LogP) is 2.89. The van der Waals surface area contributed by atoms with E-state index in [1.54, 1.807) is 17.4 Å². The van der Waals surface area contributed by atoms with Gasteiger partial charge in [-0.3, -0.25) is 10.1 Å². The third kappa shape index (κ3) is 4.44. The minimum Gasteiger partial charge on any atom is -0.349 e. The normalized spacial score (nSPS) is 16.8. The molecule has 19 heavy (non-hydrogen) atoms. The summed E-state index contributed by atoms with van der Waals surface area (Å²) in [7, 11) is 0. The van der Waals surface area contributed by atoms with Gasteiger partial charge in [-0.05, 0) is 48.5 Å². The van der Waals surface area contributed by atoms with Crippen molar-refractivity contribution in [3.05, 3.63) is 28.5 Å². The Kier molecular flexibility index (Phi) is 5.10. The van der Waals surface area contributed by atoms with Crippen molar-refractivity contribution in [1.82, 2.24) is 10.2 Å². The molecule has 0 bridgehead atoms. The highest BCUT2D eigenvalue weighted by Gasteiger charge is 2.18. The van der Waals surface area contributed by atoms with Crippen molar-refractivity contribution < 1.29 is 4.79 Å². The van der Waals surface area contributed by atoms with Crippen LogP contribution >= 0.6 is 23.6 Å². The summed E-state index contributed by atoms with van der Waals surface area (Å²) in [5.74, 6) is 0.602. The van der Waals surface area contributed by atoms with E-state index in [-0.39, 0.29) is 5.91 Å². The number of nitrogens with one attached hydrogen (secondary N) is 1. The minimum absolute atomic E-state index is 0.156. The first kappa shape index (κ1) is 14.2. The standard InChI is InChI=1S/C14H18N2OS2/c1-11-6-8-16(9-7-11)14(18)15-13(17)5-4-12-3-2-10-19-12/h2-5,10-11H,6-9H2,1H3,(H,15,17,18). The lowest BCUT2D eigenvalue weighted by molar-refractivity contribution is -0.115. The highest BCUT2D eigenvalue weighted by atomic mass is 32.1. The lowest BCUT2D eigenvalue weighted by atomic mass is 10.00. The summed E-state index contributed by atoms with van der Waals surface area (Å²) in [6.45, 7) is 4.13. The molecule has 1 aliphatic heterocycles. The van der Waals surface area contributed by atoms with Crippen LogP contribution in [-0.2, 0) is 4.79 Å². The van der Waals surface area contributed by atoms with Gasteiger partial charge in [0.05, 0.1) is 0 Å². The van der Waals surface area contributed by atoms with Crippen molar-refractivity contribution in [2.45, 2.75) is 19.8 Å². The number of carbonyl (C=O) groups excluding carboxylic acids is 1. The highest BCUT2D eigenvalue weighted by Crippen LogP contribution is 2.15. The Morgan fingerprint density at radius 1 is 1.53 bits per heavy atom. The Hall–Kier alpha value is -1.20. The first-order chi connectivity index (χ1) is 9.15. The first-order valence-corrected chi connectivity index (χ1v) is 7.75. The maximum Gasteiger partial charge on any atom is 0.250 e. The van der Waals surface area contributed by atoms with Gasteiger partial charge in [0.1, 0.15) is 0 Å². The third-order valence-corrected chi connectivity index (χ3v) is 4.44. The Morgan fingerprint density at radius 2 is 2.26 bits per heavy atom. The molecule has 0 radical (unpaired) electrons. The molecule has 1 amide bonds. The van der Waals surface area contributed by atoms with E-state index in [9.17, 15) is 4.79 Å². The number of likely N-dealkylation sites (tertiary alicyclic amines) is 1. The quantitative estimate of drug-likeness (QED) is 0.672. The number of rotatable bonds is 2. The van der Waals surface area contributed by atoms with Crippen molar-refractivity contribution in [1.29, 1.82) is 0 Å². The van der Waals surface area contributed by atoms with Gasteiger partial charge in [-0.1, -0.05) is 13.0 Å². The molecule has 1 fully saturated rings. The summed E-state index contributed by atoms with van der Waals surface area (Å²) in [5, 5.41) is 5.30. The number of carbonyl (C=O) groups is 1. The van der Waals surface area contributed by atoms with Gasteiger partial charge >= 0.3 is 0 Å². The lowest BCUT2D eigenvalue weighted by Crippen LogP contribution is -2.45. The average molecular weight is 294 g/mol. The molecular weight excluding hydrogens is 276 g/mol. The van der Waals surface area contributed by atoms with Gasteiger partial charge in [-0.2, -0.15) is 0 Å². The molecule has 2 rings (SSSR count).